The molecule has 0 unspecified atom stereocenters. The Balaban J connectivity index is 1.41. The van der Waals surface area contributed by atoms with Crippen molar-refractivity contribution in [3.63, 3.8) is 0 Å². The van der Waals surface area contributed by atoms with E-state index in [2.05, 4.69) is 15.1 Å². The van der Waals surface area contributed by atoms with Crippen molar-refractivity contribution in [2.75, 3.05) is 54.1 Å². The highest BCUT2D eigenvalue weighted by molar-refractivity contribution is 8.01. The summed E-state index contributed by atoms with van der Waals surface area (Å²) in [5.74, 6) is 0.268. The van der Waals surface area contributed by atoms with Gasteiger partial charge in [-0.25, -0.2) is 8.42 Å². The van der Waals surface area contributed by atoms with Crippen LogP contribution in [0.25, 0.3) is 0 Å². The topological polar surface area (TPSA) is 92.7 Å². The fraction of sp³-hybridized carbons (Fsp3) is 0.500. The Morgan fingerprint density at radius 1 is 1.24 bits per heavy atom. The number of Topliss-reactive ketones (excluding diaryl/α,β-unsaturated/α-hetero) is 1. The number of carbonyl (C=O) groups excluding carboxylic acids is 1. The Kier molecular flexibility index (Phi) is 6.09. The maximum atomic E-state index is 12.7. The summed E-state index contributed by atoms with van der Waals surface area (Å²) < 4.78 is 31.5. The van der Waals surface area contributed by atoms with Crippen LogP contribution < -0.4 is 9.21 Å². The quantitative estimate of drug-likeness (QED) is 0.484. The van der Waals surface area contributed by atoms with Gasteiger partial charge in [0.05, 0.1) is 30.9 Å². The van der Waals surface area contributed by atoms with E-state index in [1.54, 1.807) is 12.1 Å². The van der Waals surface area contributed by atoms with Crippen LogP contribution in [0.4, 0.5) is 10.8 Å². The predicted molar refractivity (Wildman–Crippen MR) is 115 cm³/mol. The van der Waals surface area contributed by atoms with Crippen LogP contribution in [-0.2, 0) is 21.2 Å². The van der Waals surface area contributed by atoms with E-state index in [0.29, 0.717) is 31.0 Å². The zero-order valence-electron chi connectivity index (χ0n) is 16.0. The summed E-state index contributed by atoms with van der Waals surface area (Å²) in [6, 6.07) is 5.29. The third kappa shape index (κ3) is 4.73. The molecule has 0 radical (unpaired) electrons. The first-order chi connectivity index (χ1) is 13.9. The number of anilines is 2. The molecule has 1 saturated heterocycles. The Labute approximate surface area is 178 Å². The van der Waals surface area contributed by atoms with Crippen LogP contribution in [0.15, 0.2) is 22.5 Å². The molecule has 8 nitrogen and oxygen atoms in total. The lowest BCUT2D eigenvalue weighted by molar-refractivity contribution is 0.102. The van der Waals surface area contributed by atoms with Crippen molar-refractivity contribution < 1.29 is 17.9 Å². The summed E-state index contributed by atoms with van der Waals surface area (Å²) in [6.45, 7) is 3.47. The van der Waals surface area contributed by atoms with Crippen LogP contribution in [0.1, 0.15) is 22.3 Å². The van der Waals surface area contributed by atoms with Gasteiger partial charge in [0.1, 0.15) is 0 Å². The minimum absolute atomic E-state index is 0.00241. The van der Waals surface area contributed by atoms with Gasteiger partial charge in [-0.3, -0.25) is 9.10 Å². The van der Waals surface area contributed by atoms with Crippen LogP contribution in [0.5, 0.6) is 0 Å². The first-order valence-electron chi connectivity index (χ1n) is 9.34. The average molecular weight is 455 g/mol. The molecule has 2 aliphatic heterocycles. The molecule has 0 aliphatic carbocycles. The molecule has 2 aromatic rings. The second-order valence-corrected chi connectivity index (χ2v) is 11.0. The van der Waals surface area contributed by atoms with E-state index in [0.717, 1.165) is 41.0 Å². The van der Waals surface area contributed by atoms with E-state index >= 15 is 0 Å². The second kappa shape index (κ2) is 8.58. The van der Waals surface area contributed by atoms with Crippen molar-refractivity contribution in [1.29, 1.82) is 0 Å². The molecule has 0 bridgehead atoms. The van der Waals surface area contributed by atoms with Gasteiger partial charge in [0.2, 0.25) is 15.2 Å². The smallest absolute Gasteiger partial charge is 0.232 e. The molecule has 0 N–H and O–H groups in total. The maximum absolute atomic E-state index is 12.7. The molecule has 1 aromatic carbocycles. The predicted octanol–water partition coefficient (Wildman–Crippen LogP) is 2.06. The van der Waals surface area contributed by atoms with Crippen LogP contribution >= 0.6 is 23.1 Å². The standard InChI is InChI=1S/C18H22N4O4S3/c1-29(24,25)22-6-2-3-13-11-14(4-5-15(13)22)16(23)12-27-18-20-19-17(28-18)21-7-9-26-10-8-21/h4-5,11H,2-3,6-10,12H2,1H3. The fourth-order valence-corrected chi connectivity index (χ4v) is 6.22. The molecule has 4 rings (SSSR count). The number of hydrogen-bond donors (Lipinski definition) is 0. The summed E-state index contributed by atoms with van der Waals surface area (Å²) >= 11 is 2.87. The van der Waals surface area contributed by atoms with E-state index in [1.807, 2.05) is 6.07 Å². The first kappa shape index (κ1) is 20.6. The SMILES string of the molecule is CS(=O)(=O)N1CCCc2cc(C(=O)CSc3nnc(N4CCOCC4)s3)ccc21. The number of thioether (sulfide) groups is 1. The van der Waals surface area contributed by atoms with Gasteiger partial charge in [-0.2, -0.15) is 0 Å². The molecular formula is C18H22N4O4S3. The largest absolute Gasteiger partial charge is 0.378 e. The minimum Gasteiger partial charge on any atom is -0.378 e. The average Bonchev–Trinajstić information content (AvgIpc) is 3.20. The molecule has 11 heteroatoms. The van der Waals surface area contributed by atoms with Crippen LogP contribution in [-0.4, -0.2) is 69.3 Å². The lowest BCUT2D eigenvalue weighted by Gasteiger charge is -2.29. The zero-order chi connectivity index (χ0) is 20.4. The maximum Gasteiger partial charge on any atom is 0.232 e. The highest BCUT2D eigenvalue weighted by atomic mass is 32.2. The highest BCUT2D eigenvalue weighted by Gasteiger charge is 2.25. The van der Waals surface area contributed by atoms with Gasteiger partial charge in [0.25, 0.3) is 0 Å². The van der Waals surface area contributed by atoms with E-state index in [4.69, 9.17) is 4.74 Å². The Hall–Kier alpha value is -1.69. The van der Waals surface area contributed by atoms with Gasteiger partial charge in [-0.1, -0.05) is 23.1 Å². The number of ketones is 1. The number of fused-ring (bicyclic) bond motifs is 1. The molecule has 0 spiro atoms. The number of aromatic nitrogens is 2. The van der Waals surface area contributed by atoms with Gasteiger partial charge >= 0.3 is 0 Å². The van der Waals surface area contributed by atoms with Gasteiger partial charge in [0.15, 0.2) is 10.1 Å². The summed E-state index contributed by atoms with van der Waals surface area (Å²) in [4.78, 5) is 14.8. The van der Waals surface area contributed by atoms with Crippen molar-refractivity contribution in [3.05, 3.63) is 29.3 Å². The molecule has 0 amide bonds. The van der Waals surface area contributed by atoms with E-state index in [9.17, 15) is 13.2 Å². The van der Waals surface area contributed by atoms with Crippen molar-refractivity contribution >= 4 is 49.7 Å². The number of aryl methyl sites for hydroxylation is 1. The molecule has 0 saturated carbocycles. The number of ether oxygens (including phenoxy) is 1. The molecule has 0 atom stereocenters. The van der Waals surface area contributed by atoms with Crippen LogP contribution in [0, 0.1) is 0 Å². The van der Waals surface area contributed by atoms with Crippen LogP contribution in [0.3, 0.4) is 0 Å². The number of hydrogen-bond acceptors (Lipinski definition) is 9. The van der Waals surface area contributed by atoms with Gasteiger partial charge in [-0.15, -0.1) is 10.2 Å². The number of benzene rings is 1. The third-order valence-corrected chi connectivity index (χ3v) is 8.18. The first-order valence-corrected chi connectivity index (χ1v) is 13.0. The highest BCUT2D eigenvalue weighted by Crippen LogP contribution is 2.32. The Bertz CT molecular complexity index is 1000. The van der Waals surface area contributed by atoms with Crippen molar-refractivity contribution in [1.82, 2.24) is 10.2 Å². The van der Waals surface area contributed by atoms with E-state index < -0.39 is 10.0 Å². The van der Waals surface area contributed by atoms with E-state index in [1.165, 1.54) is 33.7 Å². The van der Waals surface area contributed by atoms with Crippen molar-refractivity contribution in [2.45, 2.75) is 17.2 Å². The summed E-state index contributed by atoms with van der Waals surface area (Å²) in [5.41, 5.74) is 2.19. The second-order valence-electron chi connectivity index (χ2n) is 6.94. The third-order valence-electron chi connectivity index (χ3n) is 4.88. The van der Waals surface area contributed by atoms with E-state index in [-0.39, 0.29) is 11.5 Å². The molecule has 3 heterocycles. The number of nitrogens with zero attached hydrogens (tertiary/aromatic N) is 4. The van der Waals surface area contributed by atoms with Crippen LogP contribution in [0.2, 0.25) is 0 Å². The molecular weight excluding hydrogens is 432 g/mol. The molecule has 1 aromatic heterocycles. The zero-order valence-corrected chi connectivity index (χ0v) is 18.5. The molecule has 29 heavy (non-hydrogen) atoms. The summed E-state index contributed by atoms with van der Waals surface area (Å²) in [5, 5.41) is 9.27. The summed E-state index contributed by atoms with van der Waals surface area (Å²) in [6.07, 6.45) is 2.74. The lowest BCUT2D eigenvalue weighted by Crippen LogP contribution is -2.36. The van der Waals surface area contributed by atoms with Gasteiger partial charge in [0, 0.05) is 25.2 Å². The lowest BCUT2D eigenvalue weighted by atomic mass is 9.99. The summed E-state index contributed by atoms with van der Waals surface area (Å²) in [7, 11) is -3.31. The number of sulfonamides is 1. The normalized spacial score (nSPS) is 17.3. The number of morpholine rings is 1. The molecule has 1 fully saturated rings. The van der Waals surface area contributed by atoms with Crippen molar-refractivity contribution in [2.24, 2.45) is 0 Å². The fourth-order valence-electron chi connectivity index (χ4n) is 3.43. The Morgan fingerprint density at radius 3 is 2.79 bits per heavy atom. The monoisotopic (exact) mass is 454 g/mol. The number of rotatable bonds is 6. The van der Waals surface area contributed by atoms with Crippen molar-refractivity contribution in [3.8, 4) is 0 Å². The van der Waals surface area contributed by atoms with Gasteiger partial charge < -0.3 is 9.64 Å². The number of carbonyl (C=O) groups is 1. The molecule has 2 aliphatic rings. The van der Waals surface area contributed by atoms with Gasteiger partial charge in [-0.05, 0) is 36.6 Å². The molecule has 156 valence electrons. The Morgan fingerprint density at radius 2 is 2.03 bits per heavy atom. The minimum atomic E-state index is -3.31.